The lowest BCUT2D eigenvalue weighted by molar-refractivity contribution is 0.125. The van der Waals surface area contributed by atoms with Crippen molar-refractivity contribution in [3.63, 3.8) is 0 Å². The fourth-order valence-corrected chi connectivity index (χ4v) is 7.99. The van der Waals surface area contributed by atoms with E-state index in [0.717, 1.165) is 17.1 Å². The monoisotopic (exact) mass is 610 g/mol. The number of aromatic nitrogens is 1. The van der Waals surface area contributed by atoms with E-state index < -0.39 is 0 Å². The standard InChI is InChI=1S/C45H42N2/c1-43(2)39-29-38-37-19-13-14-20-41(37)47(42(38)30-40(39)44(3,4)45(43,5)6)36-27-23-32(24-28-36)31-21-25-35(26-22-31)46(33-15-9-7-10-16-33)34-17-11-8-12-18-34/h7-30H,1-6H3. The highest BCUT2D eigenvalue weighted by molar-refractivity contribution is 6.10. The first kappa shape index (κ1) is 29.3. The molecule has 0 bridgehead atoms. The van der Waals surface area contributed by atoms with Crippen molar-refractivity contribution in [3.05, 3.63) is 157 Å². The second-order valence-corrected chi connectivity index (χ2v) is 14.7. The highest BCUT2D eigenvalue weighted by Crippen LogP contribution is 2.62. The second-order valence-electron chi connectivity index (χ2n) is 14.7. The lowest BCUT2D eigenvalue weighted by atomic mass is 9.59. The summed E-state index contributed by atoms with van der Waals surface area (Å²) in [5.74, 6) is 0. The maximum atomic E-state index is 2.50. The number of rotatable bonds is 5. The molecule has 1 aromatic heterocycles. The van der Waals surface area contributed by atoms with Crippen LogP contribution in [0.1, 0.15) is 52.7 Å². The Labute approximate surface area is 278 Å². The van der Waals surface area contributed by atoms with Gasteiger partial charge in [0.2, 0.25) is 0 Å². The predicted octanol–water partition coefficient (Wildman–Crippen LogP) is 12.5. The molecule has 8 rings (SSSR count). The van der Waals surface area contributed by atoms with Crippen LogP contribution < -0.4 is 4.90 Å². The van der Waals surface area contributed by atoms with E-state index in [1.54, 1.807) is 0 Å². The normalized spacial score (nSPS) is 16.0. The molecule has 2 heteroatoms. The van der Waals surface area contributed by atoms with Crippen molar-refractivity contribution < 1.29 is 0 Å². The summed E-state index contributed by atoms with van der Waals surface area (Å²) in [6, 6.07) is 53.0. The molecule has 0 unspecified atom stereocenters. The molecule has 0 fully saturated rings. The van der Waals surface area contributed by atoms with E-state index in [4.69, 9.17) is 0 Å². The molecular weight excluding hydrogens is 569 g/mol. The van der Waals surface area contributed by atoms with Gasteiger partial charge in [-0.3, -0.25) is 0 Å². The van der Waals surface area contributed by atoms with Crippen LogP contribution >= 0.6 is 0 Å². The van der Waals surface area contributed by atoms with Gasteiger partial charge in [0.25, 0.3) is 0 Å². The molecule has 47 heavy (non-hydrogen) atoms. The highest BCUT2D eigenvalue weighted by atomic mass is 15.1. The Morgan fingerprint density at radius 2 is 0.894 bits per heavy atom. The minimum atomic E-state index is 0.0495. The SMILES string of the molecule is CC1(C)c2cc3c4ccccc4n(-c4ccc(-c5ccc(N(c6ccccc6)c6ccccc6)cc5)cc4)c3cc2C(C)(C)C1(C)C. The Kier molecular flexibility index (Phi) is 6.53. The minimum Gasteiger partial charge on any atom is -0.311 e. The molecule has 0 radical (unpaired) electrons. The molecule has 0 saturated heterocycles. The third-order valence-electron chi connectivity index (χ3n) is 11.9. The number of fused-ring (bicyclic) bond motifs is 4. The summed E-state index contributed by atoms with van der Waals surface area (Å²) in [6.45, 7) is 14.6. The van der Waals surface area contributed by atoms with E-state index in [0.29, 0.717) is 0 Å². The van der Waals surface area contributed by atoms with E-state index in [9.17, 15) is 0 Å². The Bertz CT molecular complexity index is 2190. The van der Waals surface area contributed by atoms with Crippen molar-refractivity contribution in [1.29, 1.82) is 0 Å². The van der Waals surface area contributed by atoms with Gasteiger partial charge in [-0.05, 0) is 105 Å². The lowest BCUT2D eigenvalue weighted by Gasteiger charge is -2.44. The molecule has 0 saturated carbocycles. The van der Waals surface area contributed by atoms with Crippen LogP contribution in [0.4, 0.5) is 17.1 Å². The minimum absolute atomic E-state index is 0.0495. The Hall–Kier alpha value is -5.08. The molecule has 2 nitrogen and oxygen atoms in total. The van der Waals surface area contributed by atoms with Crippen LogP contribution in [0, 0.1) is 5.41 Å². The zero-order chi connectivity index (χ0) is 32.6. The van der Waals surface area contributed by atoms with Crippen LogP contribution in [-0.4, -0.2) is 4.57 Å². The largest absolute Gasteiger partial charge is 0.311 e. The van der Waals surface area contributed by atoms with Crippen molar-refractivity contribution in [2.24, 2.45) is 5.41 Å². The summed E-state index contributed by atoms with van der Waals surface area (Å²) in [7, 11) is 0. The van der Waals surface area contributed by atoms with E-state index >= 15 is 0 Å². The Morgan fingerprint density at radius 3 is 1.47 bits per heavy atom. The van der Waals surface area contributed by atoms with Gasteiger partial charge in [0.15, 0.2) is 0 Å². The molecule has 0 aliphatic heterocycles. The molecule has 7 aromatic rings. The number of anilines is 3. The smallest absolute Gasteiger partial charge is 0.0544 e. The summed E-state index contributed by atoms with van der Waals surface area (Å²) in [5.41, 5.74) is 12.7. The van der Waals surface area contributed by atoms with Gasteiger partial charge in [-0.1, -0.05) is 120 Å². The van der Waals surface area contributed by atoms with Gasteiger partial charge in [-0.25, -0.2) is 0 Å². The van der Waals surface area contributed by atoms with Crippen molar-refractivity contribution in [3.8, 4) is 16.8 Å². The van der Waals surface area contributed by atoms with Gasteiger partial charge in [0, 0.05) is 33.5 Å². The summed E-state index contributed by atoms with van der Waals surface area (Å²) in [6.07, 6.45) is 0. The summed E-state index contributed by atoms with van der Waals surface area (Å²) in [4.78, 5) is 2.30. The lowest BCUT2D eigenvalue weighted by Crippen LogP contribution is -2.42. The first-order valence-corrected chi connectivity index (χ1v) is 16.8. The maximum absolute atomic E-state index is 2.50. The number of para-hydroxylation sites is 3. The number of hydrogen-bond acceptors (Lipinski definition) is 1. The van der Waals surface area contributed by atoms with Gasteiger partial charge in [0.1, 0.15) is 0 Å². The number of benzene rings is 6. The summed E-state index contributed by atoms with van der Waals surface area (Å²) >= 11 is 0. The van der Waals surface area contributed by atoms with E-state index in [-0.39, 0.29) is 16.2 Å². The van der Waals surface area contributed by atoms with E-state index in [1.807, 2.05) is 0 Å². The summed E-state index contributed by atoms with van der Waals surface area (Å²) in [5, 5.41) is 2.65. The third kappa shape index (κ3) is 4.31. The molecule has 6 aromatic carbocycles. The van der Waals surface area contributed by atoms with Gasteiger partial charge >= 0.3 is 0 Å². The van der Waals surface area contributed by atoms with Gasteiger partial charge in [-0.2, -0.15) is 0 Å². The van der Waals surface area contributed by atoms with Crippen LogP contribution in [0.25, 0.3) is 38.6 Å². The molecule has 0 spiro atoms. The quantitative estimate of drug-likeness (QED) is 0.188. The fraction of sp³-hybridized carbons (Fsp3) is 0.200. The van der Waals surface area contributed by atoms with Gasteiger partial charge in [-0.15, -0.1) is 0 Å². The second kappa shape index (κ2) is 10.5. The van der Waals surface area contributed by atoms with Crippen LogP contribution in [0.15, 0.2) is 146 Å². The molecule has 0 N–H and O–H groups in total. The van der Waals surface area contributed by atoms with Crippen LogP contribution in [0.2, 0.25) is 0 Å². The van der Waals surface area contributed by atoms with E-state index in [1.165, 1.54) is 49.7 Å². The van der Waals surface area contributed by atoms with Crippen LogP contribution in [0.3, 0.4) is 0 Å². The highest BCUT2D eigenvalue weighted by Gasteiger charge is 2.56. The third-order valence-corrected chi connectivity index (χ3v) is 11.9. The van der Waals surface area contributed by atoms with Crippen LogP contribution in [0.5, 0.6) is 0 Å². The molecule has 232 valence electrons. The Morgan fingerprint density at radius 1 is 0.426 bits per heavy atom. The molecular formula is C45H42N2. The first-order valence-electron chi connectivity index (χ1n) is 16.8. The summed E-state index contributed by atoms with van der Waals surface area (Å²) < 4.78 is 2.46. The fourth-order valence-electron chi connectivity index (χ4n) is 7.99. The topological polar surface area (TPSA) is 8.17 Å². The molecule has 0 amide bonds. The predicted molar refractivity (Wildman–Crippen MR) is 201 cm³/mol. The van der Waals surface area contributed by atoms with Crippen molar-refractivity contribution in [2.45, 2.75) is 52.4 Å². The number of hydrogen-bond donors (Lipinski definition) is 0. The molecule has 1 aliphatic rings. The van der Waals surface area contributed by atoms with Gasteiger partial charge < -0.3 is 9.47 Å². The maximum Gasteiger partial charge on any atom is 0.0544 e. The van der Waals surface area contributed by atoms with Gasteiger partial charge in [0.05, 0.1) is 11.0 Å². The van der Waals surface area contributed by atoms with Crippen molar-refractivity contribution >= 4 is 38.9 Å². The zero-order valence-electron chi connectivity index (χ0n) is 28.3. The average molecular weight is 611 g/mol. The first-order chi connectivity index (χ1) is 22.6. The van der Waals surface area contributed by atoms with E-state index in [2.05, 4.69) is 197 Å². The average Bonchev–Trinajstić information content (AvgIpc) is 3.47. The van der Waals surface area contributed by atoms with Crippen molar-refractivity contribution in [1.82, 2.24) is 4.57 Å². The molecule has 1 aliphatic carbocycles. The van der Waals surface area contributed by atoms with Crippen LogP contribution in [-0.2, 0) is 10.8 Å². The molecule has 0 atom stereocenters. The zero-order valence-corrected chi connectivity index (χ0v) is 28.3. The van der Waals surface area contributed by atoms with Crippen molar-refractivity contribution in [2.75, 3.05) is 4.90 Å². The Balaban J connectivity index is 1.19. The number of nitrogens with zero attached hydrogens (tertiary/aromatic N) is 2. The molecule has 1 heterocycles.